The lowest BCUT2D eigenvalue weighted by Gasteiger charge is -2.00. The molecule has 0 aromatic carbocycles. The summed E-state index contributed by atoms with van der Waals surface area (Å²) >= 11 is 0. The molecule has 0 amide bonds. The summed E-state index contributed by atoms with van der Waals surface area (Å²) in [6.07, 6.45) is -4.41. The Kier molecular flexibility index (Phi) is 2.17. The molecule has 0 atom stereocenters. The highest BCUT2D eigenvalue weighted by Gasteiger charge is 2.33. The second kappa shape index (κ2) is 2.84. The van der Waals surface area contributed by atoms with Crippen molar-refractivity contribution in [3.05, 3.63) is 11.8 Å². The van der Waals surface area contributed by atoms with Gasteiger partial charge in [0.25, 0.3) is 0 Å². The van der Waals surface area contributed by atoms with Crippen molar-refractivity contribution >= 4 is 13.4 Å². The van der Waals surface area contributed by atoms with Gasteiger partial charge in [-0.15, -0.1) is 0 Å². The van der Waals surface area contributed by atoms with Crippen LogP contribution in [0.15, 0.2) is 6.07 Å². The van der Waals surface area contributed by atoms with Crippen LogP contribution in [-0.2, 0) is 12.7 Å². The van der Waals surface area contributed by atoms with E-state index in [1.165, 1.54) is 0 Å². The first-order valence-electron chi connectivity index (χ1n) is 3.35. The predicted molar refractivity (Wildman–Crippen MR) is 38.3 cm³/mol. The highest BCUT2D eigenvalue weighted by molar-refractivity contribution is 6.30. The minimum Gasteiger partial charge on any atom is -0.280 e. The van der Waals surface area contributed by atoms with Gasteiger partial charge in [-0.25, -0.2) is 0 Å². The van der Waals surface area contributed by atoms with Gasteiger partial charge in [0.1, 0.15) is 7.85 Å². The molecule has 0 N–H and O–H groups in total. The fraction of sp³-hybridized carbons (Fsp3) is 0.500. The standard InChI is InChI=1S/C6H6BF3N2/c1-2-12-5(7)3-4(11-12)6(8,9)10/h3H,2H2,1H3. The average molecular weight is 174 g/mol. The Morgan fingerprint density at radius 2 is 2.17 bits per heavy atom. The van der Waals surface area contributed by atoms with E-state index < -0.39 is 11.9 Å². The molecular weight excluding hydrogens is 168 g/mol. The van der Waals surface area contributed by atoms with E-state index in [0.717, 1.165) is 10.7 Å². The summed E-state index contributed by atoms with van der Waals surface area (Å²) in [5, 5.41) is 3.27. The van der Waals surface area contributed by atoms with E-state index in [0.29, 0.717) is 6.54 Å². The molecule has 1 aromatic rings. The van der Waals surface area contributed by atoms with Gasteiger partial charge in [0.2, 0.25) is 0 Å². The second-order valence-corrected chi connectivity index (χ2v) is 2.27. The fourth-order valence-electron chi connectivity index (χ4n) is 0.823. The lowest BCUT2D eigenvalue weighted by molar-refractivity contribution is -0.141. The van der Waals surface area contributed by atoms with Crippen molar-refractivity contribution < 1.29 is 13.2 Å². The smallest absolute Gasteiger partial charge is 0.280 e. The van der Waals surface area contributed by atoms with E-state index in [1.54, 1.807) is 6.92 Å². The first kappa shape index (κ1) is 9.16. The van der Waals surface area contributed by atoms with Gasteiger partial charge >= 0.3 is 6.18 Å². The molecule has 0 spiro atoms. The second-order valence-electron chi connectivity index (χ2n) is 2.27. The van der Waals surface area contributed by atoms with Crippen molar-refractivity contribution in [2.24, 2.45) is 0 Å². The van der Waals surface area contributed by atoms with E-state index in [1.807, 2.05) is 0 Å². The Labute approximate surface area is 68.8 Å². The molecule has 6 heteroatoms. The van der Waals surface area contributed by atoms with E-state index in [2.05, 4.69) is 5.10 Å². The van der Waals surface area contributed by atoms with Crippen molar-refractivity contribution in [2.45, 2.75) is 19.6 Å². The predicted octanol–water partition coefficient (Wildman–Crippen LogP) is 0.716. The minimum atomic E-state index is -4.41. The zero-order valence-electron chi connectivity index (χ0n) is 6.39. The molecule has 2 nitrogen and oxygen atoms in total. The molecule has 0 aliphatic carbocycles. The molecule has 1 heterocycles. The average Bonchev–Trinajstić information content (AvgIpc) is 2.29. The zero-order valence-corrected chi connectivity index (χ0v) is 6.39. The molecule has 64 valence electrons. The Hall–Kier alpha value is -0.935. The van der Waals surface area contributed by atoms with Crippen LogP contribution in [-0.4, -0.2) is 17.6 Å². The maximum Gasteiger partial charge on any atom is 0.435 e. The lowest BCUT2D eigenvalue weighted by atomic mass is 10.0. The molecule has 0 saturated heterocycles. The third-order valence-corrected chi connectivity index (χ3v) is 1.40. The van der Waals surface area contributed by atoms with Gasteiger partial charge in [0.15, 0.2) is 5.69 Å². The molecule has 12 heavy (non-hydrogen) atoms. The summed E-state index contributed by atoms with van der Waals surface area (Å²) in [5.74, 6) is 0. The summed E-state index contributed by atoms with van der Waals surface area (Å²) < 4.78 is 37.1. The molecule has 1 rings (SSSR count). The molecule has 0 aliphatic heterocycles. The highest BCUT2D eigenvalue weighted by atomic mass is 19.4. The number of hydrogen-bond donors (Lipinski definition) is 0. The number of nitrogens with zero attached hydrogens (tertiary/aromatic N) is 2. The van der Waals surface area contributed by atoms with Crippen LogP contribution in [0.4, 0.5) is 13.2 Å². The van der Waals surface area contributed by atoms with Crippen LogP contribution in [0.25, 0.3) is 0 Å². The van der Waals surface area contributed by atoms with Crippen molar-refractivity contribution in [3.63, 3.8) is 0 Å². The van der Waals surface area contributed by atoms with Crippen LogP contribution in [0.3, 0.4) is 0 Å². The minimum absolute atomic E-state index is 0.0322. The zero-order chi connectivity index (χ0) is 9.35. The first-order chi connectivity index (χ1) is 5.45. The molecular formula is C6H6BF3N2. The van der Waals surface area contributed by atoms with Crippen molar-refractivity contribution in [1.82, 2.24) is 9.78 Å². The Bertz CT molecular complexity index is 279. The van der Waals surface area contributed by atoms with Gasteiger partial charge in [-0.1, -0.05) is 0 Å². The Morgan fingerprint density at radius 3 is 2.42 bits per heavy atom. The van der Waals surface area contributed by atoms with Gasteiger partial charge in [-0.2, -0.15) is 18.3 Å². The summed E-state index contributed by atoms with van der Waals surface area (Å²) in [6.45, 7) is 2.01. The number of aryl methyl sites for hydroxylation is 1. The fourth-order valence-corrected chi connectivity index (χ4v) is 0.823. The van der Waals surface area contributed by atoms with Gasteiger partial charge in [-0.3, -0.25) is 4.68 Å². The third kappa shape index (κ3) is 1.62. The quantitative estimate of drug-likeness (QED) is 0.573. The monoisotopic (exact) mass is 174 g/mol. The summed E-state index contributed by atoms with van der Waals surface area (Å²) in [7, 11) is 5.25. The maximum absolute atomic E-state index is 12.0. The van der Waals surface area contributed by atoms with Crippen LogP contribution in [0.2, 0.25) is 0 Å². The summed E-state index contributed by atoms with van der Waals surface area (Å²) in [5.41, 5.74) is -0.910. The van der Waals surface area contributed by atoms with Crippen LogP contribution in [0.5, 0.6) is 0 Å². The molecule has 0 unspecified atom stereocenters. The van der Waals surface area contributed by atoms with Crippen LogP contribution in [0.1, 0.15) is 12.6 Å². The molecule has 0 saturated carbocycles. The molecule has 1 aromatic heterocycles. The SMILES string of the molecule is [B]c1cc(C(F)(F)F)nn1CC. The third-order valence-electron chi connectivity index (χ3n) is 1.40. The van der Waals surface area contributed by atoms with E-state index in [9.17, 15) is 13.2 Å². The largest absolute Gasteiger partial charge is 0.435 e. The van der Waals surface area contributed by atoms with E-state index in [4.69, 9.17) is 7.85 Å². The van der Waals surface area contributed by atoms with Gasteiger partial charge < -0.3 is 0 Å². The van der Waals surface area contributed by atoms with Crippen molar-refractivity contribution in [1.29, 1.82) is 0 Å². The van der Waals surface area contributed by atoms with Gasteiger partial charge in [0, 0.05) is 6.54 Å². The van der Waals surface area contributed by atoms with Gasteiger partial charge in [0.05, 0.1) is 0 Å². The van der Waals surface area contributed by atoms with E-state index >= 15 is 0 Å². The van der Waals surface area contributed by atoms with Crippen LogP contribution in [0, 0.1) is 0 Å². The number of alkyl halides is 3. The Balaban J connectivity index is 3.05. The summed E-state index contributed by atoms with van der Waals surface area (Å²) in [6, 6.07) is 0.823. The van der Waals surface area contributed by atoms with Crippen molar-refractivity contribution in [2.75, 3.05) is 0 Å². The number of rotatable bonds is 1. The molecule has 2 radical (unpaired) electrons. The summed E-state index contributed by atoms with van der Waals surface area (Å²) in [4.78, 5) is 0. The number of hydrogen-bond acceptors (Lipinski definition) is 1. The lowest BCUT2D eigenvalue weighted by Crippen LogP contribution is -2.16. The van der Waals surface area contributed by atoms with E-state index in [-0.39, 0.29) is 5.59 Å². The highest BCUT2D eigenvalue weighted by Crippen LogP contribution is 2.26. The molecule has 0 bridgehead atoms. The first-order valence-corrected chi connectivity index (χ1v) is 3.35. The molecule has 0 aliphatic rings. The number of halogens is 3. The number of aromatic nitrogens is 2. The van der Waals surface area contributed by atoms with Crippen molar-refractivity contribution in [3.8, 4) is 0 Å². The topological polar surface area (TPSA) is 17.8 Å². The van der Waals surface area contributed by atoms with Gasteiger partial charge in [-0.05, 0) is 18.6 Å². The Morgan fingerprint density at radius 1 is 1.58 bits per heavy atom. The molecule has 0 fully saturated rings. The maximum atomic E-state index is 12.0. The normalized spacial score (nSPS) is 12.0. The van der Waals surface area contributed by atoms with Crippen LogP contribution < -0.4 is 5.59 Å². The van der Waals surface area contributed by atoms with Crippen LogP contribution >= 0.6 is 0 Å².